The smallest absolute Gasteiger partial charge is 0.259 e. The number of nitrogens with zero attached hydrogens (tertiary/aromatic N) is 1. The number of allylic oxidation sites excluding steroid dienone is 1. The number of carbonyl (C=O) groups is 2. The molecule has 3 aromatic rings. The van der Waals surface area contributed by atoms with Crippen LogP contribution in [-0.2, 0) is 4.79 Å². The number of anilines is 2. The molecule has 1 heterocycles. The van der Waals surface area contributed by atoms with E-state index in [1.54, 1.807) is 4.90 Å². The van der Waals surface area contributed by atoms with Crippen LogP contribution in [0.2, 0.25) is 0 Å². The predicted octanol–water partition coefficient (Wildman–Crippen LogP) is 6.54. The SMILES string of the molecule is CCOc1ccc(C2C3=C(CC(C)(C)CC3=O)Nc3ccccc3N2C(=O)c2ccccc2)cc1. The molecule has 0 bridgehead atoms. The van der Waals surface area contributed by atoms with E-state index in [9.17, 15) is 9.59 Å². The lowest BCUT2D eigenvalue weighted by atomic mass is 9.73. The van der Waals surface area contributed by atoms with Crippen LogP contribution in [0.1, 0.15) is 55.6 Å². The molecule has 1 unspecified atom stereocenters. The van der Waals surface area contributed by atoms with Crippen molar-refractivity contribution < 1.29 is 14.3 Å². The molecule has 3 aromatic carbocycles. The number of benzene rings is 3. The Morgan fingerprint density at radius 1 is 0.971 bits per heavy atom. The summed E-state index contributed by atoms with van der Waals surface area (Å²) in [6, 6.07) is 24.2. The van der Waals surface area contributed by atoms with Crippen molar-refractivity contribution in [1.29, 1.82) is 0 Å². The molecule has 1 aliphatic carbocycles. The number of ether oxygens (including phenoxy) is 1. The number of para-hydroxylation sites is 2. The number of hydrogen-bond acceptors (Lipinski definition) is 4. The Kier molecular flexibility index (Phi) is 5.93. The quantitative estimate of drug-likeness (QED) is 0.474. The van der Waals surface area contributed by atoms with E-state index in [1.807, 2.05) is 85.8 Å². The zero-order valence-corrected chi connectivity index (χ0v) is 20.4. The van der Waals surface area contributed by atoms with Crippen LogP contribution in [0.5, 0.6) is 5.75 Å². The van der Waals surface area contributed by atoms with Crippen LogP contribution >= 0.6 is 0 Å². The lowest BCUT2D eigenvalue weighted by Crippen LogP contribution is -2.39. The van der Waals surface area contributed by atoms with Crippen molar-refractivity contribution in [3.8, 4) is 5.75 Å². The second kappa shape index (κ2) is 9.06. The van der Waals surface area contributed by atoms with E-state index in [2.05, 4.69) is 19.2 Å². The van der Waals surface area contributed by atoms with Gasteiger partial charge in [-0.3, -0.25) is 14.5 Å². The standard InChI is InChI=1S/C30H30N2O3/c1-4-35-22-16-14-20(15-17-22)28-27-24(18-30(2,3)19-26(27)33)31-23-12-8-9-13-25(23)32(28)29(34)21-10-6-5-7-11-21/h5-17,28,31H,4,18-19H2,1-3H3. The molecule has 178 valence electrons. The Labute approximate surface area is 206 Å². The van der Waals surface area contributed by atoms with Crippen LogP contribution in [0.3, 0.4) is 0 Å². The van der Waals surface area contributed by atoms with E-state index < -0.39 is 6.04 Å². The summed E-state index contributed by atoms with van der Waals surface area (Å²) in [6.45, 7) is 6.75. The lowest BCUT2D eigenvalue weighted by Gasteiger charge is -2.37. The fourth-order valence-corrected chi connectivity index (χ4v) is 5.16. The third-order valence-electron chi connectivity index (χ3n) is 6.65. The number of carbonyl (C=O) groups excluding carboxylic acids is 2. The molecule has 1 N–H and O–H groups in total. The third kappa shape index (κ3) is 4.34. The number of Topliss-reactive ketones (excluding diaryl/α,β-unsaturated/α-hetero) is 1. The summed E-state index contributed by atoms with van der Waals surface area (Å²) in [4.78, 5) is 29.6. The van der Waals surface area contributed by atoms with Crippen molar-refractivity contribution in [2.75, 3.05) is 16.8 Å². The maximum Gasteiger partial charge on any atom is 0.259 e. The molecular formula is C30H30N2O3. The molecule has 0 fully saturated rings. The van der Waals surface area contributed by atoms with Crippen LogP contribution in [0.25, 0.3) is 0 Å². The molecule has 0 saturated carbocycles. The maximum absolute atomic E-state index is 14.1. The van der Waals surface area contributed by atoms with Crippen molar-refractivity contribution in [3.63, 3.8) is 0 Å². The second-order valence-corrected chi connectivity index (χ2v) is 9.92. The van der Waals surface area contributed by atoms with E-state index in [-0.39, 0.29) is 17.1 Å². The number of rotatable bonds is 4. The Morgan fingerprint density at radius 2 is 1.66 bits per heavy atom. The van der Waals surface area contributed by atoms with Crippen LogP contribution < -0.4 is 15.0 Å². The summed E-state index contributed by atoms with van der Waals surface area (Å²) in [5.41, 5.74) is 4.40. The maximum atomic E-state index is 14.1. The van der Waals surface area contributed by atoms with E-state index >= 15 is 0 Å². The zero-order valence-electron chi connectivity index (χ0n) is 20.4. The van der Waals surface area contributed by atoms with E-state index in [0.717, 1.165) is 34.8 Å². The highest BCUT2D eigenvalue weighted by atomic mass is 16.5. The minimum atomic E-state index is -0.562. The fourth-order valence-electron chi connectivity index (χ4n) is 5.16. The summed E-state index contributed by atoms with van der Waals surface area (Å²) in [5, 5.41) is 3.56. The van der Waals surface area contributed by atoms with E-state index in [4.69, 9.17) is 4.74 Å². The van der Waals surface area contributed by atoms with Crippen molar-refractivity contribution in [1.82, 2.24) is 0 Å². The summed E-state index contributed by atoms with van der Waals surface area (Å²) in [7, 11) is 0. The predicted molar refractivity (Wildman–Crippen MR) is 139 cm³/mol. The van der Waals surface area contributed by atoms with Gasteiger partial charge >= 0.3 is 0 Å². The highest BCUT2D eigenvalue weighted by molar-refractivity contribution is 6.12. The molecule has 5 nitrogen and oxygen atoms in total. The van der Waals surface area contributed by atoms with Gasteiger partial charge in [0.2, 0.25) is 0 Å². The normalized spacial score (nSPS) is 18.8. The first-order valence-corrected chi connectivity index (χ1v) is 12.1. The Hall–Kier alpha value is -3.86. The van der Waals surface area contributed by atoms with Gasteiger partial charge in [-0.15, -0.1) is 0 Å². The number of nitrogens with one attached hydrogen (secondary N) is 1. The van der Waals surface area contributed by atoms with E-state index in [0.29, 0.717) is 24.2 Å². The van der Waals surface area contributed by atoms with Gasteiger partial charge in [-0.25, -0.2) is 0 Å². The molecule has 0 spiro atoms. The third-order valence-corrected chi connectivity index (χ3v) is 6.65. The van der Waals surface area contributed by atoms with E-state index in [1.165, 1.54) is 0 Å². The largest absolute Gasteiger partial charge is 0.494 e. The van der Waals surface area contributed by atoms with Gasteiger partial charge in [0, 0.05) is 23.3 Å². The molecule has 0 radical (unpaired) electrons. The average molecular weight is 467 g/mol. The molecule has 0 saturated heterocycles. The Bertz CT molecular complexity index is 1290. The summed E-state index contributed by atoms with van der Waals surface area (Å²) in [6.07, 6.45) is 1.16. The summed E-state index contributed by atoms with van der Waals surface area (Å²) >= 11 is 0. The molecular weight excluding hydrogens is 436 g/mol. The van der Waals surface area contributed by atoms with Gasteiger partial charge in [0.15, 0.2) is 5.78 Å². The summed E-state index contributed by atoms with van der Waals surface area (Å²) < 4.78 is 5.66. The number of fused-ring (bicyclic) bond motifs is 1. The molecule has 1 atom stereocenters. The van der Waals surface area contributed by atoms with Crippen molar-refractivity contribution in [2.24, 2.45) is 5.41 Å². The molecule has 1 aliphatic heterocycles. The zero-order chi connectivity index (χ0) is 24.6. The van der Waals surface area contributed by atoms with Crippen LogP contribution in [-0.4, -0.2) is 18.3 Å². The van der Waals surface area contributed by atoms with Crippen LogP contribution in [0.4, 0.5) is 11.4 Å². The second-order valence-electron chi connectivity index (χ2n) is 9.92. The highest BCUT2D eigenvalue weighted by Crippen LogP contribution is 2.48. The van der Waals surface area contributed by atoms with Gasteiger partial charge in [0.1, 0.15) is 5.75 Å². The van der Waals surface area contributed by atoms with Gasteiger partial charge in [-0.05, 0) is 60.7 Å². The Balaban J connectivity index is 1.75. The molecule has 2 aliphatic rings. The molecule has 1 amide bonds. The first-order valence-electron chi connectivity index (χ1n) is 12.1. The van der Waals surface area contributed by atoms with Gasteiger partial charge in [0.05, 0.1) is 24.0 Å². The van der Waals surface area contributed by atoms with Gasteiger partial charge in [-0.2, -0.15) is 0 Å². The number of hydrogen-bond donors (Lipinski definition) is 1. The van der Waals surface area contributed by atoms with Crippen molar-refractivity contribution >= 4 is 23.1 Å². The number of amides is 1. The van der Waals surface area contributed by atoms with Gasteiger partial charge in [0.25, 0.3) is 5.91 Å². The van der Waals surface area contributed by atoms with Crippen molar-refractivity contribution in [2.45, 2.75) is 39.7 Å². The minimum Gasteiger partial charge on any atom is -0.494 e. The average Bonchev–Trinajstić information content (AvgIpc) is 2.98. The highest BCUT2D eigenvalue weighted by Gasteiger charge is 2.43. The lowest BCUT2D eigenvalue weighted by molar-refractivity contribution is -0.118. The fraction of sp³-hybridized carbons (Fsp3) is 0.267. The Morgan fingerprint density at radius 3 is 2.37 bits per heavy atom. The van der Waals surface area contributed by atoms with Crippen LogP contribution in [0, 0.1) is 5.41 Å². The molecule has 35 heavy (non-hydrogen) atoms. The van der Waals surface area contributed by atoms with Crippen LogP contribution in [0.15, 0.2) is 90.1 Å². The molecule has 5 rings (SSSR count). The number of ketones is 1. The molecule has 5 heteroatoms. The summed E-state index contributed by atoms with van der Waals surface area (Å²) in [5.74, 6) is 0.682. The first-order chi connectivity index (χ1) is 16.9. The van der Waals surface area contributed by atoms with Gasteiger partial charge in [-0.1, -0.05) is 56.3 Å². The topological polar surface area (TPSA) is 58.6 Å². The van der Waals surface area contributed by atoms with Gasteiger partial charge < -0.3 is 10.1 Å². The molecule has 0 aromatic heterocycles. The van der Waals surface area contributed by atoms with Crippen molar-refractivity contribution in [3.05, 3.63) is 101 Å². The first kappa shape index (κ1) is 22.9. The minimum absolute atomic E-state index is 0.0707. The monoisotopic (exact) mass is 466 g/mol.